The predicted octanol–water partition coefficient (Wildman–Crippen LogP) is 7.17. The summed E-state index contributed by atoms with van der Waals surface area (Å²) >= 11 is 6.02. The highest BCUT2D eigenvalue weighted by molar-refractivity contribution is 6.33. The Balaban J connectivity index is 1.30. The van der Waals surface area contributed by atoms with Gasteiger partial charge >= 0.3 is 6.18 Å². The van der Waals surface area contributed by atoms with Gasteiger partial charge in [0.1, 0.15) is 0 Å². The van der Waals surface area contributed by atoms with E-state index in [9.17, 15) is 18.0 Å². The van der Waals surface area contributed by atoms with Crippen molar-refractivity contribution >= 4 is 28.9 Å². The number of carbonyl (C=O) groups excluding carboxylic acids is 1. The smallest absolute Gasteiger partial charge is 0.368 e. The highest BCUT2D eigenvalue weighted by atomic mass is 35.5. The zero-order valence-corrected chi connectivity index (χ0v) is 21.1. The standard InChI is InChI=1S/C27H32ClF3N4O/c1-2-6-21-24(18-7-4-3-5-8-18)34-35-25(21)32-16-17-9-12-20(13-10-17)33-26(36)22-15-19(27(29,30)31)11-14-23(22)28/h3-4,7,11,14-15,17,20H,2,5-6,8-10,12-13,16H2,1H3,(H,33,36)(H2,32,34,35). The average Bonchev–Trinajstić information content (AvgIpc) is 3.26. The van der Waals surface area contributed by atoms with Gasteiger partial charge in [-0.25, -0.2) is 0 Å². The number of carbonyl (C=O) groups is 1. The third-order valence-corrected chi connectivity index (χ3v) is 7.31. The molecule has 2 aromatic rings. The summed E-state index contributed by atoms with van der Waals surface area (Å²) in [6, 6.07) is 2.74. The number of aromatic nitrogens is 2. The van der Waals surface area contributed by atoms with Crippen LogP contribution >= 0.6 is 11.6 Å². The van der Waals surface area contributed by atoms with Crippen LogP contribution in [-0.4, -0.2) is 28.7 Å². The van der Waals surface area contributed by atoms with E-state index >= 15 is 0 Å². The Labute approximate surface area is 214 Å². The Morgan fingerprint density at radius 2 is 2.00 bits per heavy atom. The molecule has 1 aromatic heterocycles. The summed E-state index contributed by atoms with van der Waals surface area (Å²) in [5.41, 5.74) is 2.63. The Kier molecular flexibility index (Phi) is 8.44. The molecule has 36 heavy (non-hydrogen) atoms. The van der Waals surface area contributed by atoms with Gasteiger partial charge in [-0.1, -0.05) is 43.2 Å². The molecule has 1 fully saturated rings. The van der Waals surface area contributed by atoms with Crippen molar-refractivity contribution in [3.05, 3.63) is 63.8 Å². The third-order valence-electron chi connectivity index (χ3n) is 6.98. The lowest BCUT2D eigenvalue weighted by Crippen LogP contribution is -2.38. The lowest BCUT2D eigenvalue weighted by molar-refractivity contribution is -0.137. The normalized spacial score (nSPS) is 20.2. The van der Waals surface area contributed by atoms with Gasteiger partial charge in [-0.05, 0) is 74.6 Å². The van der Waals surface area contributed by atoms with Gasteiger partial charge in [0.15, 0.2) is 5.82 Å². The number of hydrogen-bond acceptors (Lipinski definition) is 3. The molecule has 0 unspecified atom stereocenters. The molecule has 0 saturated heterocycles. The van der Waals surface area contributed by atoms with E-state index in [2.05, 4.69) is 46.0 Å². The molecule has 0 aliphatic heterocycles. The van der Waals surface area contributed by atoms with Crippen LogP contribution < -0.4 is 10.6 Å². The van der Waals surface area contributed by atoms with Crippen molar-refractivity contribution in [1.29, 1.82) is 0 Å². The van der Waals surface area contributed by atoms with Crippen molar-refractivity contribution in [2.75, 3.05) is 11.9 Å². The fourth-order valence-corrected chi connectivity index (χ4v) is 5.18. The molecular formula is C27H32ClF3N4O. The highest BCUT2D eigenvalue weighted by Gasteiger charge is 2.32. The first-order chi connectivity index (χ1) is 17.3. The van der Waals surface area contributed by atoms with Crippen molar-refractivity contribution in [2.24, 2.45) is 5.92 Å². The van der Waals surface area contributed by atoms with Gasteiger partial charge in [0.05, 0.1) is 21.8 Å². The molecule has 1 heterocycles. The van der Waals surface area contributed by atoms with Crippen LogP contribution in [0.1, 0.15) is 79.0 Å². The number of nitrogens with one attached hydrogen (secondary N) is 3. The summed E-state index contributed by atoms with van der Waals surface area (Å²) in [5, 5.41) is 14.2. The van der Waals surface area contributed by atoms with E-state index in [0.29, 0.717) is 5.92 Å². The van der Waals surface area contributed by atoms with Crippen LogP contribution in [0.2, 0.25) is 5.02 Å². The van der Waals surface area contributed by atoms with Gasteiger partial charge in [-0.15, -0.1) is 0 Å². The first kappa shape index (κ1) is 26.3. The van der Waals surface area contributed by atoms with E-state index < -0.39 is 17.6 Å². The largest absolute Gasteiger partial charge is 0.416 e. The SMILES string of the molecule is CCCc1c(NCC2CCC(NC(=O)c3cc(C(F)(F)F)ccc3Cl)CC2)n[nH]c1C1=CC=CCC1. The van der Waals surface area contributed by atoms with Crippen LogP contribution in [0.4, 0.5) is 19.0 Å². The van der Waals surface area contributed by atoms with Crippen LogP contribution in [0, 0.1) is 5.92 Å². The maximum Gasteiger partial charge on any atom is 0.416 e. The Bertz CT molecular complexity index is 1130. The first-order valence-electron chi connectivity index (χ1n) is 12.6. The fourth-order valence-electron chi connectivity index (χ4n) is 4.97. The quantitative estimate of drug-likeness (QED) is 0.345. The molecular weight excluding hydrogens is 489 g/mol. The maximum absolute atomic E-state index is 13.0. The Hall–Kier alpha value is -2.74. The number of allylic oxidation sites excluding steroid dienone is 4. The van der Waals surface area contributed by atoms with Gasteiger partial charge in [0.25, 0.3) is 5.91 Å². The fraction of sp³-hybridized carbons (Fsp3) is 0.481. The van der Waals surface area contributed by atoms with Crippen molar-refractivity contribution in [3.8, 4) is 0 Å². The van der Waals surface area contributed by atoms with Crippen LogP contribution in [0.3, 0.4) is 0 Å². The van der Waals surface area contributed by atoms with Gasteiger partial charge in [-0.2, -0.15) is 18.3 Å². The second-order valence-corrected chi connectivity index (χ2v) is 10.0. The van der Waals surface area contributed by atoms with Crippen LogP contribution in [0.15, 0.2) is 36.4 Å². The van der Waals surface area contributed by atoms with E-state index in [1.165, 1.54) is 11.1 Å². The molecule has 0 bridgehead atoms. The van der Waals surface area contributed by atoms with Crippen molar-refractivity contribution in [1.82, 2.24) is 15.5 Å². The Morgan fingerprint density at radius 3 is 2.67 bits per heavy atom. The minimum absolute atomic E-state index is 0.0136. The molecule has 4 rings (SSSR count). The number of benzene rings is 1. The third kappa shape index (κ3) is 6.33. The molecule has 1 saturated carbocycles. The topological polar surface area (TPSA) is 69.8 Å². The molecule has 1 amide bonds. The summed E-state index contributed by atoms with van der Waals surface area (Å²) in [4.78, 5) is 12.6. The first-order valence-corrected chi connectivity index (χ1v) is 13.0. The van der Waals surface area contributed by atoms with Crippen LogP contribution in [-0.2, 0) is 12.6 Å². The number of H-pyrrole nitrogens is 1. The van der Waals surface area contributed by atoms with Crippen molar-refractivity contribution < 1.29 is 18.0 Å². The predicted molar refractivity (Wildman–Crippen MR) is 137 cm³/mol. The summed E-state index contributed by atoms with van der Waals surface area (Å²) in [5.74, 6) is 0.784. The molecule has 1 aromatic carbocycles. The second-order valence-electron chi connectivity index (χ2n) is 9.60. The molecule has 0 atom stereocenters. The lowest BCUT2D eigenvalue weighted by Gasteiger charge is -2.29. The highest BCUT2D eigenvalue weighted by Crippen LogP contribution is 2.33. The number of nitrogens with zero attached hydrogens (tertiary/aromatic N) is 1. The minimum Gasteiger partial charge on any atom is -0.368 e. The zero-order chi connectivity index (χ0) is 25.7. The number of hydrogen-bond donors (Lipinski definition) is 3. The molecule has 5 nitrogen and oxygen atoms in total. The number of amides is 1. The molecule has 3 N–H and O–H groups in total. The Morgan fingerprint density at radius 1 is 1.22 bits per heavy atom. The molecule has 9 heteroatoms. The number of rotatable bonds is 8. The summed E-state index contributed by atoms with van der Waals surface area (Å²) in [6.45, 7) is 2.96. The monoisotopic (exact) mass is 520 g/mol. The van der Waals surface area contributed by atoms with Crippen molar-refractivity contribution in [2.45, 2.75) is 70.5 Å². The van der Waals surface area contributed by atoms with E-state index in [1.54, 1.807) is 0 Å². The molecule has 194 valence electrons. The second kappa shape index (κ2) is 11.5. The lowest BCUT2D eigenvalue weighted by atomic mass is 9.85. The molecule has 0 spiro atoms. The van der Waals surface area contributed by atoms with E-state index in [1.807, 2.05) is 0 Å². The van der Waals surface area contributed by atoms with Gasteiger partial charge in [0, 0.05) is 18.2 Å². The van der Waals surface area contributed by atoms with Crippen LogP contribution in [0.5, 0.6) is 0 Å². The molecule has 0 radical (unpaired) electrons. The van der Waals surface area contributed by atoms with E-state index in [-0.39, 0.29) is 16.6 Å². The number of alkyl halides is 3. The van der Waals surface area contributed by atoms with E-state index in [4.69, 9.17) is 11.6 Å². The number of aromatic amines is 1. The van der Waals surface area contributed by atoms with Gasteiger partial charge < -0.3 is 10.6 Å². The summed E-state index contributed by atoms with van der Waals surface area (Å²) in [6.07, 6.45) is 9.28. The molecule has 2 aliphatic carbocycles. The average molecular weight is 521 g/mol. The zero-order valence-electron chi connectivity index (χ0n) is 20.4. The van der Waals surface area contributed by atoms with Crippen LogP contribution in [0.25, 0.3) is 5.57 Å². The minimum atomic E-state index is -4.53. The number of halogens is 4. The molecule has 2 aliphatic rings. The van der Waals surface area contributed by atoms with Gasteiger partial charge in [-0.3, -0.25) is 9.89 Å². The maximum atomic E-state index is 13.0. The van der Waals surface area contributed by atoms with Crippen molar-refractivity contribution in [3.63, 3.8) is 0 Å². The number of anilines is 1. The van der Waals surface area contributed by atoms with Gasteiger partial charge in [0.2, 0.25) is 0 Å². The van der Waals surface area contributed by atoms with E-state index in [0.717, 1.165) is 87.6 Å². The summed E-state index contributed by atoms with van der Waals surface area (Å²) in [7, 11) is 0. The summed E-state index contributed by atoms with van der Waals surface area (Å²) < 4.78 is 39.1.